The minimum absolute atomic E-state index is 0.337. The molecule has 1 saturated heterocycles. The number of ether oxygens (including phenoxy) is 1. The molecule has 3 aliphatic rings. The van der Waals surface area contributed by atoms with E-state index in [-0.39, 0.29) is 5.91 Å². The summed E-state index contributed by atoms with van der Waals surface area (Å²) in [6.07, 6.45) is 7.82. The van der Waals surface area contributed by atoms with Crippen LogP contribution >= 0.6 is 0 Å². The molecular weight excluding hydrogens is 416 g/mol. The first kappa shape index (κ1) is 21.4. The van der Waals surface area contributed by atoms with Crippen molar-refractivity contribution in [1.82, 2.24) is 0 Å². The fourth-order valence-electron chi connectivity index (χ4n) is 3.87. The summed E-state index contributed by atoms with van der Waals surface area (Å²) >= 11 is 0. The smallest absolute Gasteiger partial charge is 0.256 e. The maximum atomic E-state index is 12.0. The minimum Gasteiger partial charge on any atom is -0.380 e. The molecule has 0 aromatic heterocycles. The number of amidine groups is 1. The first-order chi connectivity index (χ1) is 16.1. The second kappa shape index (κ2) is 9.21. The number of aliphatic imine (C=N–C) groups is 1. The molecule has 2 heterocycles. The average molecular weight is 445 g/mol. The van der Waals surface area contributed by atoms with Crippen LogP contribution in [0.4, 0.5) is 17.1 Å². The van der Waals surface area contributed by atoms with Crippen LogP contribution in [0.2, 0.25) is 0 Å². The monoisotopic (exact) mass is 444 g/mol. The van der Waals surface area contributed by atoms with Crippen molar-refractivity contribution in [3.63, 3.8) is 0 Å². The van der Waals surface area contributed by atoms with E-state index < -0.39 is 5.60 Å². The molecule has 2 aliphatic heterocycles. The first-order valence-electron chi connectivity index (χ1n) is 11.4. The Morgan fingerprint density at radius 3 is 2.39 bits per heavy atom. The Kier molecular flexibility index (Phi) is 5.98. The van der Waals surface area contributed by atoms with Crippen molar-refractivity contribution >= 4 is 34.5 Å². The molecule has 7 heteroatoms. The third kappa shape index (κ3) is 5.16. The van der Waals surface area contributed by atoms with Crippen LogP contribution in [0, 0.1) is 0 Å². The lowest BCUT2D eigenvalue weighted by atomic mass is 10.1. The molecule has 170 valence electrons. The summed E-state index contributed by atoms with van der Waals surface area (Å²) in [4.78, 5) is 19.2. The topological polar surface area (TPSA) is 86.2 Å². The van der Waals surface area contributed by atoms with Crippen molar-refractivity contribution in [2.45, 2.75) is 24.9 Å². The molecule has 2 aromatic rings. The fraction of sp³-hybridized carbons (Fsp3) is 0.308. The molecule has 0 unspecified atom stereocenters. The largest absolute Gasteiger partial charge is 0.380 e. The molecule has 2 fully saturated rings. The van der Waals surface area contributed by atoms with E-state index in [0.29, 0.717) is 24.9 Å². The molecule has 0 bridgehead atoms. The highest BCUT2D eigenvalue weighted by Crippen LogP contribution is 2.36. The van der Waals surface area contributed by atoms with E-state index in [2.05, 4.69) is 45.9 Å². The second-order valence-corrected chi connectivity index (χ2v) is 8.58. The van der Waals surface area contributed by atoms with Gasteiger partial charge in [0.1, 0.15) is 11.4 Å². The Labute approximate surface area is 193 Å². The summed E-state index contributed by atoms with van der Waals surface area (Å²) < 4.78 is 5.43. The number of anilines is 3. The number of carbonyl (C=O) groups excluding carboxylic acids is 1. The molecule has 0 radical (unpaired) electrons. The Balaban J connectivity index is 1.25. The van der Waals surface area contributed by atoms with Gasteiger partial charge in [-0.3, -0.25) is 4.79 Å². The number of aliphatic hydroxyl groups is 1. The highest BCUT2D eigenvalue weighted by atomic mass is 16.5. The fourth-order valence-corrected chi connectivity index (χ4v) is 3.87. The van der Waals surface area contributed by atoms with Crippen molar-refractivity contribution in [3.8, 4) is 0 Å². The molecule has 1 saturated carbocycles. The molecule has 3 N–H and O–H groups in total. The van der Waals surface area contributed by atoms with Gasteiger partial charge in [-0.15, -0.1) is 0 Å². The van der Waals surface area contributed by atoms with E-state index in [9.17, 15) is 9.90 Å². The molecule has 33 heavy (non-hydrogen) atoms. The predicted molar refractivity (Wildman–Crippen MR) is 132 cm³/mol. The molecule has 2 aromatic carbocycles. The van der Waals surface area contributed by atoms with Crippen LogP contribution in [0.25, 0.3) is 5.70 Å². The number of allylic oxidation sites excluding steroid dienone is 2. The predicted octanol–water partition coefficient (Wildman–Crippen LogP) is 3.80. The number of hydrogen-bond donors (Lipinski definition) is 3. The third-order valence-electron chi connectivity index (χ3n) is 6.07. The van der Waals surface area contributed by atoms with Crippen molar-refractivity contribution in [2.75, 3.05) is 41.8 Å². The van der Waals surface area contributed by atoms with Gasteiger partial charge in [-0.25, -0.2) is 4.99 Å². The van der Waals surface area contributed by atoms with Crippen LogP contribution in [0.3, 0.4) is 0 Å². The van der Waals surface area contributed by atoms with E-state index in [4.69, 9.17) is 9.73 Å². The number of carbonyl (C=O) groups is 1. The van der Waals surface area contributed by atoms with Crippen molar-refractivity contribution < 1.29 is 14.6 Å². The van der Waals surface area contributed by atoms with Crippen LogP contribution in [0.1, 0.15) is 24.8 Å². The Bertz CT molecular complexity index is 1090. The van der Waals surface area contributed by atoms with Gasteiger partial charge in [-0.1, -0.05) is 24.3 Å². The van der Waals surface area contributed by atoms with E-state index in [1.165, 1.54) is 5.69 Å². The summed E-state index contributed by atoms with van der Waals surface area (Å²) in [7, 11) is 0. The van der Waals surface area contributed by atoms with E-state index in [1.807, 2.05) is 36.4 Å². The molecular formula is C26H28N4O3. The molecule has 1 aliphatic carbocycles. The lowest BCUT2D eigenvalue weighted by molar-refractivity contribution is -0.125. The third-order valence-corrected chi connectivity index (χ3v) is 6.07. The molecule has 0 spiro atoms. The van der Waals surface area contributed by atoms with Gasteiger partial charge < -0.3 is 25.4 Å². The highest BCUT2D eigenvalue weighted by Gasteiger charge is 2.48. The van der Waals surface area contributed by atoms with Crippen LogP contribution in [-0.4, -0.2) is 48.8 Å². The van der Waals surface area contributed by atoms with Crippen LogP contribution < -0.4 is 15.5 Å². The van der Waals surface area contributed by atoms with Crippen molar-refractivity contribution in [3.05, 3.63) is 72.3 Å². The van der Waals surface area contributed by atoms with E-state index in [0.717, 1.165) is 49.1 Å². The quantitative estimate of drug-likeness (QED) is 0.653. The Morgan fingerprint density at radius 2 is 1.70 bits per heavy atom. The number of benzene rings is 2. The molecule has 1 amide bonds. The summed E-state index contributed by atoms with van der Waals surface area (Å²) in [5, 5.41) is 16.1. The summed E-state index contributed by atoms with van der Waals surface area (Å²) in [6, 6.07) is 15.9. The number of hydrogen-bond acceptors (Lipinski definition) is 6. The van der Waals surface area contributed by atoms with Crippen LogP contribution in [-0.2, 0) is 9.53 Å². The molecule has 0 atom stereocenters. The van der Waals surface area contributed by atoms with Gasteiger partial charge in [-0.2, -0.15) is 0 Å². The van der Waals surface area contributed by atoms with Crippen LogP contribution in [0.5, 0.6) is 0 Å². The maximum Gasteiger partial charge on any atom is 0.256 e. The number of rotatable bonds is 5. The number of nitrogens with one attached hydrogen (secondary N) is 2. The number of amides is 1. The summed E-state index contributed by atoms with van der Waals surface area (Å²) in [5.74, 6) is 0.526. The van der Waals surface area contributed by atoms with Gasteiger partial charge >= 0.3 is 0 Å². The van der Waals surface area contributed by atoms with E-state index in [1.54, 1.807) is 0 Å². The zero-order valence-corrected chi connectivity index (χ0v) is 18.5. The number of nitrogens with zero attached hydrogens (tertiary/aromatic N) is 2. The number of morpholine rings is 1. The van der Waals surface area contributed by atoms with Crippen molar-refractivity contribution in [1.29, 1.82) is 0 Å². The maximum absolute atomic E-state index is 12.0. The van der Waals surface area contributed by atoms with Gasteiger partial charge in [0.25, 0.3) is 5.91 Å². The molecule has 5 rings (SSSR count). The summed E-state index contributed by atoms with van der Waals surface area (Å²) in [6.45, 7) is 3.38. The van der Waals surface area contributed by atoms with Gasteiger partial charge in [0.2, 0.25) is 0 Å². The van der Waals surface area contributed by atoms with Crippen molar-refractivity contribution in [2.24, 2.45) is 4.99 Å². The second-order valence-electron chi connectivity index (χ2n) is 8.58. The van der Waals surface area contributed by atoms with Gasteiger partial charge in [0, 0.05) is 42.1 Å². The van der Waals surface area contributed by atoms with Gasteiger partial charge in [0.05, 0.1) is 18.9 Å². The molecule has 7 nitrogen and oxygen atoms in total. The highest BCUT2D eigenvalue weighted by molar-refractivity contribution is 6.01. The standard InChI is InChI=1S/C26H28N4O3/c31-25(26(32)13-14-26)28-21-7-5-19(6-8-21)23-3-1-2-4-24(29-23)27-20-9-11-22(12-10-20)30-15-17-33-18-16-30/h1-3,5-12,32H,4,13-18H2,(H,27,29)(H,28,31). The normalized spacial score (nSPS) is 19.2. The first-order valence-corrected chi connectivity index (χ1v) is 11.4. The lowest BCUT2D eigenvalue weighted by Crippen LogP contribution is -2.36. The SMILES string of the molecule is O=C(Nc1ccc(C2=CC=CCC(Nc3ccc(N4CCOCC4)cc3)=N2)cc1)C1(O)CC1. The Hall–Kier alpha value is -3.42. The van der Waals surface area contributed by atoms with Gasteiger partial charge in [-0.05, 0) is 55.3 Å². The van der Waals surface area contributed by atoms with Crippen LogP contribution in [0.15, 0.2) is 71.8 Å². The zero-order chi connectivity index (χ0) is 22.7. The zero-order valence-electron chi connectivity index (χ0n) is 18.5. The lowest BCUT2D eigenvalue weighted by Gasteiger charge is -2.29. The van der Waals surface area contributed by atoms with E-state index >= 15 is 0 Å². The van der Waals surface area contributed by atoms with Gasteiger partial charge in [0.15, 0.2) is 0 Å². The minimum atomic E-state index is -1.18. The Morgan fingerprint density at radius 1 is 1.00 bits per heavy atom. The average Bonchev–Trinajstić information content (AvgIpc) is 3.64. The summed E-state index contributed by atoms with van der Waals surface area (Å²) in [5.41, 5.74) is 3.47.